The summed E-state index contributed by atoms with van der Waals surface area (Å²) >= 11 is 1.10. The molecule has 1 aromatic rings. The molecular weight excluding hydrogens is 328 g/mol. The predicted octanol–water partition coefficient (Wildman–Crippen LogP) is 1.40. The molecular formula is C12H16N4O4S2. The van der Waals surface area contributed by atoms with Gasteiger partial charge < -0.3 is 5.11 Å². The highest BCUT2D eigenvalue weighted by Crippen LogP contribution is 2.30. The van der Waals surface area contributed by atoms with E-state index in [1.165, 1.54) is 29.3 Å². The van der Waals surface area contributed by atoms with Crippen LogP contribution in [-0.4, -0.2) is 60.6 Å². The first-order valence-electron chi connectivity index (χ1n) is 6.37. The van der Waals surface area contributed by atoms with E-state index in [-0.39, 0.29) is 11.4 Å². The molecule has 0 bridgehead atoms. The Morgan fingerprint density at radius 3 is 2.55 bits per heavy atom. The second-order valence-electron chi connectivity index (χ2n) is 4.71. The van der Waals surface area contributed by atoms with E-state index in [4.69, 9.17) is 5.11 Å². The Morgan fingerprint density at radius 1 is 1.36 bits per heavy atom. The molecule has 1 fully saturated rings. The molecule has 0 aromatic heterocycles. The van der Waals surface area contributed by atoms with Gasteiger partial charge in [-0.25, -0.2) is 13.2 Å². The van der Waals surface area contributed by atoms with Crippen LogP contribution in [0.2, 0.25) is 0 Å². The minimum atomic E-state index is -3.83. The number of aliphatic carboxylic acids is 1. The number of sulfonamides is 1. The van der Waals surface area contributed by atoms with Crippen molar-refractivity contribution in [3.05, 3.63) is 24.3 Å². The van der Waals surface area contributed by atoms with Crippen LogP contribution in [0.15, 0.2) is 39.5 Å². The fourth-order valence-electron chi connectivity index (χ4n) is 1.86. The summed E-state index contributed by atoms with van der Waals surface area (Å²) in [4.78, 5) is 11.2. The molecule has 0 unspecified atom stereocenters. The van der Waals surface area contributed by atoms with Crippen LogP contribution in [0.4, 0.5) is 5.69 Å². The zero-order valence-corrected chi connectivity index (χ0v) is 13.7. The lowest BCUT2D eigenvalue weighted by atomic mass is 10.3. The van der Waals surface area contributed by atoms with Crippen molar-refractivity contribution in [1.29, 1.82) is 0 Å². The molecule has 8 nitrogen and oxygen atoms in total. The van der Waals surface area contributed by atoms with Crippen LogP contribution in [-0.2, 0) is 14.8 Å². The van der Waals surface area contributed by atoms with Gasteiger partial charge in [0, 0.05) is 26.4 Å². The number of carbonyl (C=O) groups is 1. The van der Waals surface area contributed by atoms with Gasteiger partial charge in [-0.15, -0.1) is 16.9 Å². The molecule has 1 aromatic carbocycles. The Hall–Kier alpha value is -1.65. The molecule has 0 saturated carbocycles. The molecule has 0 spiro atoms. The van der Waals surface area contributed by atoms with Gasteiger partial charge in [-0.3, -0.25) is 5.01 Å². The first-order chi connectivity index (χ1) is 10.3. The van der Waals surface area contributed by atoms with Crippen LogP contribution >= 0.6 is 11.8 Å². The van der Waals surface area contributed by atoms with Gasteiger partial charge in [0.05, 0.1) is 10.6 Å². The standard InChI is InChI=1S/C12H16N4O4S2/c1-15(2)14-13-9-3-5-10(6-4-9)22(19,20)16-7-8-21-11(16)12(17)18/h3-6,11H,7-8H2,1-2H3,(H,17,18)/t11-/m0/s1. The number of hydrogen-bond donors (Lipinski definition) is 1. The summed E-state index contributed by atoms with van der Waals surface area (Å²) < 4.78 is 26.0. The highest BCUT2D eigenvalue weighted by molar-refractivity contribution is 8.02. The van der Waals surface area contributed by atoms with Gasteiger partial charge in [0.15, 0.2) is 5.37 Å². The molecule has 2 rings (SSSR count). The number of hydrogen-bond acceptors (Lipinski definition) is 6. The average molecular weight is 344 g/mol. The number of carboxylic acids is 1. The van der Waals surface area contributed by atoms with Gasteiger partial charge in [-0.05, 0) is 24.3 Å². The SMILES string of the molecule is CN(C)N=Nc1ccc(S(=O)(=O)N2CCS[C@H]2C(=O)O)cc1. The minimum absolute atomic E-state index is 0.0463. The summed E-state index contributed by atoms with van der Waals surface area (Å²) in [6.07, 6.45) is 0. The summed E-state index contributed by atoms with van der Waals surface area (Å²) in [5.74, 6) is -0.687. The first-order valence-corrected chi connectivity index (χ1v) is 8.86. The lowest BCUT2D eigenvalue weighted by Crippen LogP contribution is -2.39. The zero-order valence-electron chi connectivity index (χ0n) is 12.1. The van der Waals surface area contributed by atoms with Gasteiger partial charge in [0.2, 0.25) is 10.0 Å². The normalized spacial score (nSPS) is 19.6. The highest BCUT2D eigenvalue weighted by atomic mass is 32.2. The van der Waals surface area contributed by atoms with E-state index < -0.39 is 21.4 Å². The Morgan fingerprint density at radius 2 is 2.00 bits per heavy atom. The lowest BCUT2D eigenvalue weighted by Gasteiger charge is -2.20. The van der Waals surface area contributed by atoms with Crippen molar-refractivity contribution < 1.29 is 18.3 Å². The van der Waals surface area contributed by atoms with E-state index in [0.717, 1.165) is 16.1 Å². The van der Waals surface area contributed by atoms with Crippen LogP contribution in [0.1, 0.15) is 0 Å². The van der Waals surface area contributed by atoms with Gasteiger partial charge >= 0.3 is 5.97 Å². The third kappa shape index (κ3) is 3.57. The van der Waals surface area contributed by atoms with E-state index in [0.29, 0.717) is 11.4 Å². The molecule has 22 heavy (non-hydrogen) atoms. The van der Waals surface area contributed by atoms with Crippen LogP contribution in [0.25, 0.3) is 0 Å². The molecule has 0 amide bonds. The molecule has 1 saturated heterocycles. The molecule has 1 aliphatic heterocycles. The number of thioether (sulfide) groups is 1. The zero-order chi connectivity index (χ0) is 16.3. The van der Waals surface area contributed by atoms with Crippen molar-refractivity contribution in [3.63, 3.8) is 0 Å². The summed E-state index contributed by atoms with van der Waals surface area (Å²) in [6, 6.07) is 5.86. The Labute approximate surface area is 132 Å². The van der Waals surface area contributed by atoms with Gasteiger partial charge in [0.25, 0.3) is 0 Å². The maximum atomic E-state index is 12.5. The molecule has 1 N–H and O–H groups in total. The molecule has 1 atom stereocenters. The maximum absolute atomic E-state index is 12.5. The monoisotopic (exact) mass is 344 g/mol. The first kappa shape index (κ1) is 16.7. The van der Waals surface area contributed by atoms with Crippen molar-refractivity contribution in [1.82, 2.24) is 9.31 Å². The van der Waals surface area contributed by atoms with Gasteiger partial charge in [0.1, 0.15) is 0 Å². The van der Waals surface area contributed by atoms with Crippen LogP contribution in [0, 0.1) is 0 Å². The van der Waals surface area contributed by atoms with E-state index in [2.05, 4.69) is 10.3 Å². The number of nitrogens with zero attached hydrogens (tertiary/aromatic N) is 4. The third-order valence-corrected chi connectivity index (χ3v) is 6.04. The molecule has 10 heteroatoms. The summed E-state index contributed by atoms with van der Waals surface area (Å²) in [5.41, 5.74) is 0.512. The van der Waals surface area contributed by atoms with Crippen LogP contribution < -0.4 is 0 Å². The van der Waals surface area contributed by atoms with Crippen molar-refractivity contribution in [2.24, 2.45) is 10.3 Å². The Balaban J connectivity index is 2.25. The second-order valence-corrected chi connectivity index (χ2v) is 7.79. The van der Waals surface area contributed by atoms with Gasteiger partial charge in [-0.2, -0.15) is 4.31 Å². The maximum Gasteiger partial charge on any atom is 0.332 e. The molecule has 1 aliphatic rings. The van der Waals surface area contributed by atoms with E-state index >= 15 is 0 Å². The van der Waals surface area contributed by atoms with Gasteiger partial charge in [-0.1, -0.05) is 5.22 Å². The molecule has 120 valence electrons. The number of benzene rings is 1. The molecule has 0 radical (unpaired) electrons. The predicted molar refractivity (Wildman–Crippen MR) is 82.4 cm³/mol. The van der Waals surface area contributed by atoms with Crippen molar-refractivity contribution >= 4 is 33.4 Å². The topological polar surface area (TPSA) is 103 Å². The molecule has 1 heterocycles. The summed E-state index contributed by atoms with van der Waals surface area (Å²) in [7, 11) is -0.389. The number of rotatable bonds is 5. The average Bonchev–Trinajstić information content (AvgIpc) is 2.96. The van der Waals surface area contributed by atoms with E-state index in [1.807, 2.05) is 0 Å². The summed E-state index contributed by atoms with van der Waals surface area (Å²) in [6.45, 7) is 0.187. The van der Waals surface area contributed by atoms with Crippen molar-refractivity contribution in [2.75, 3.05) is 26.4 Å². The molecule has 0 aliphatic carbocycles. The van der Waals surface area contributed by atoms with E-state index in [9.17, 15) is 13.2 Å². The smallest absolute Gasteiger partial charge is 0.332 e. The quantitative estimate of drug-likeness (QED) is 0.640. The fourth-order valence-corrected chi connectivity index (χ4v) is 4.86. The van der Waals surface area contributed by atoms with Crippen molar-refractivity contribution in [2.45, 2.75) is 10.3 Å². The minimum Gasteiger partial charge on any atom is -0.479 e. The highest BCUT2D eigenvalue weighted by Gasteiger charge is 2.40. The van der Waals surface area contributed by atoms with Crippen LogP contribution in [0.5, 0.6) is 0 Å². The lowest BCUT2D eigenvalue weighted by molar-refractivity contribution is -0.138. The largest absolute Gasteiger partial charge is 0.479 e. The van der Waals surface area contributed by atoms with Crippen LogP contribution in [0.3, 0.4) is 0 Å². The number of carboxylic acid groups (broad SMARTS) is 1. The Kier molecular flexibility index (Phi) is 5.04. The fraction of sp³-hybridized carbons (Fsp3) is 0.417. The Bertz CT molecular complexity index is 673. The van der Waals surface area contributed by atoms with E-state index in [1.54, 1.807) is 14.1 Å². The second kappa shape index (κ2) is 6.63. The van der Waals surface area contributed by atoms with Crippen molar-refractivity contribution in [3.8, 4) is 0 Å². The summed E-state index contributed by atoms with van der Waals surface area (Å²) in [5, 5.41) is 17.3. The third-order valence-electron chi connectivity index (χ3n) is 2.84.